The van der Waals surface area contributed by atoms with Crippen molar-refractivity contribution < 1.29 is 13.9 Å². The first-order valence-corrected chi connectivity index (χ1v) is 6.12. The first-order chi connectivity index (χ1) is 7.06. The number of nitrogens with zero attached hydrogens (tertiary/aromatic N) is 1. The molecule has 0 aliphatic carbocycles. The molecule has 6 heteroatoms. The second-order valence-electron chi connectivity index (χ2n) is 3.41. The highest BCUT2D eigenvalue weighted by Gasteiger charge is 2.14. The van der Waals surface area contributed by atoms with Gasteiger partial charge in [-0.1, -0.05) is 0 Å². The fourth-order valence-electron chi connectivity index (χ4n) is 0.646. The van der Waals surface area contributed by atoms with E-state index in [-0.39, 0.29) is 12.2 Å². The maximum absolute atomic E-state index is 8.31. The quantitative estimate of drug-likeness (QED) is 0.397. The van der Waals surface area contributed by atoms with Gasteiger partial charge in [-0.3, -0.25) is 4.84 Å². The van der Waals surface area contributed by atoms with Gasteiger partial charge in [-0.25, -0.2) is 0 Å². The van der Waals surface area contributed by atoms with Gasteiger partial charge in [0, 0.05) is 0 Å². The molecule has 0 aliphatic rings. The van der Waals surface area contributed by atoms with E-state index in [1.807, 2.05) is 33.8 Å². The Balaban J connectivity index is 3.75. The first-order valence-electron chi connectivity index (χ1n) is 4.94. The Kier molecular flexibility index (Phi) is 8.88. The summed E-state index contributed by atoms with van der Waals surface area (Å²) in [5.41, 5.74) is 0. The fourth-order valence-corrected chi connectivity index (χ4v) is 1.74. The van der Waals surface area contributed by atoms with Crippen molar-refractivity contribution in [2.45, 2.75) is 46.3 Å². The van der Waals surface area contributed by atoms with E-state index in [9.17, 15) is 0 Å². The van der Waals surface area contributed by atoms with Crippen LogP contribution in [0, 0.1) is 11.3 Å². The highest BCUT2D eigenvalue weighted by molar-refractivity contribution is 7.44. The minimum absolute atomic E-state index is 0.0712. The molecule has 0 rings (SSSR count). The second-order valence-corrected chi connectivity index (χ2v) is 4.53. The number of nitrogens with one attached hydrogen (secondary N) is 1. The van der Waals surface area contributed by atoms with E-state index >= 15 is 0 Å². The monoisotopic (exact) mass is 234 g/mol. The normalized spacial score (nSPS) is 11.3. The zero-order valence-corrected chi connectivity index (χ0v) is 10.6. The third-order valence-electron chi connectivity index (χ3n) is 1.07. The Morgan fingerprint density at radius 1 is 1.20 bits per heavy atom. The average molecular weight is 234 g/mol. The van der Waals surface area contributed by atoms with Gasteiger partial charge in [0.1, 0.15) is 0 Å². The van der Waals surface area contributed by atoms with Crippen LogP contribution in [0.1, 0.15) is 34.1 Å². The summed E-state index contributed by atoms with van der Waals surface area (Å²) in [6.45, 7) is 8.04. The van der Waals surface area contributed by atoms with E-state index in [0.717, 1.165) is 0 Å². The lowest BCUT2D eigenvalue weighted by Crippen LogP contribution is -2.17. The maximum Gasteiger partial charge on any atom is 0.281 e. The third-order valence-corrected chi connectivity index (χ3v) is 2.57. The first kappa shape index (κ1) is 14.8. The van der Waals surface area contributed by atoms with Crippen LogP contribution in [0.5, 0.6) is 0 Å². The van der Waals surface area contributed by atoms with E-state index < -0.39 is 8.53 Å². The maximum atomic E-state index is 8.31. The van der Waals surface area contributed by atoms with Crippen molar-refractivity contribution >= 4 is 8.53 Å². The van der Waals surface area contributed by atoms with Gasteiger partial charge < -0.3 is 9.05 Å². The van der Waals surface area contributed by atoms with Gasteiger partial charge in [-0.15, -0.1) is 5.25 Å². The van der Waals surface area contributed by atoms with Gasteiger partial charge in [0.2, 0.25) is 0 Å². The molecule has 0 aromatic heterocycles. The number of hydrogen-bond acceptors (Lipinski definition) is 5. The summed E-state index contributed by atoms with van der Waals surface area (Å²) in [6.07, 6.45) is 0.489. The van der Waals surface area contributed by atoms with Gasteiger partial charge in [0.25, 0.3) is 8.53 Å². The van der Waals surface area contributed by atoms with Crippen molar-refractivity contribution in [2.75, 3.05) is 6.61 Å². The van der Waals surface area contributed by atoms with Crippen molar-refractivity contribution in [3.63, 3.8) is 0 Å². The molecule has 0 saturated heterocycles. The molecule has 88 valence electrons. The van der Waals surface area contributed by atoms with Crippen LogP contribution in [0.15, 0.2) is 0 Å². The Hall–Kier alpha value is -0.240. The smallest absolute Gasteiger partial charge is 0.281 e. The number of nitriles is 1. The molecule has 0 saturated carbocycles. The third kappa shape index (κ3) is 10.1. The Morgan fingerprint density at radius 3 is 2.13 bits per heavy atom. The summed E-state index contributed by atoms with van der Waals surface area (Å²) in [6, 6.07) is 1.98. The minimum atomic E-state index is -1.24. The van der Waals surface area contributed by atoms with Gasteiger partial charge in [-0.05, 0) is 27.7 Å². The molecule has 0 fully saturated rings. The SMILES string of the molecule is CC(C)OP(NOCCC#N)OC(C)C. The molecule has 0 radical (unpaired) electrons. The summed E-state index contributed by atoms with van der Waals surface area (Å²) in [4.78, 5) is 5.04. The van der Waals surface area contributed by atoms with Crippen LogP contribution in [-0.2, 0) is 13.9 Å². The predicted octanol–water partition coefficient (Wildman–Crippen LogP) is 2.50. The largest absolute Gasteiger partial charge is 0.318 e. The lowest BCUT2D eigenvalue weighted by Gasteiger charge is -2.21. The zero-order chi connectivity index (χ0) is 11.7. The molecule has 0 aliphatic heterocycles. The van der Waals surface area contributed by atoms with Gasteiger partial charge in [0.15, 0.2) is 0 Å². The molecule has 0 atom stereocenters. The van der Waals surface area contributed by atoms with Crippen LogP contribution in [0.3, 0.4) is 0 Å². The molecule has 0 unspecified atom stereocenters. The molecule has 0 heterocycles. The van der Waals surface area contributed by atoms with Crippen LogP contribution in [0.25, 0.3) is 0 Å². The summed E-state index contributed by atoms with van der Waals surface area (Å²) >= 11 is 0. The number of rotatable bonds is 8. The summed E-state index contributed by atoms with van der Waals surface area (Å²) in [7, 11) is -1.24. The van der Waals surface area contributed by atoms with E-state index in [2.05, 4.69) is 5.25 Å². The van der Waals surface area contributed by atoms with Crippen molar-refractivity contribution in [3.8, 4) is 6.07 Å². The highest BCUT2D eigenvalue weighted by atomic mass is 31.2. The van der Waals surface area contributed by atoms with E-state index in [1.165, 1.54) is 0 Å². The summed E-state index contributed by atoms with van der Waals surface area (Å²) in [5, 5.41) is 11.0. The Morgan fingerprint density at radius 2 is 1.73 bits per heavy atom. The van der Waals surface area contributed by atoms with Crippen molar-refractivity contribution in [1.29, 1.82) is 5.26 Å². The van der Waals surface area contributed by atoms with Gasteiger partial charge >= 0.3 is 0 Å². The molecule has 0 aromatic rings. The summed E-state index contributed by atoms with van der Waals surface area (Å²) in [5.74, 6) is 0. The molecule has 5 nitrogen and oxygen atoms in total. The van der Waals surface area contributed by atoms with E-state index in [1.54, 1.807) is 0 Å². The molecule has 15 heavy (non-hydrogen) atoms. The Labute approximate surface area is 92.6 Å². The van der Waals surface area contributed by atoms with Crippen molar-refractivity contribution in [3.05, 3.63) is 0 Å². The van der Waals surface area contributed by atoms with Crippen molar-refractivity contribution in [2.24, 2.45) is 0 Å². The number of hydrogen-bond donors (Lipinski definition) is 1. The van der Waals surface area contributed by atoms with Crippen LogP contribution >= 0.6 is 8.53 Å². The highest BCUT2D eigenvalue weighted by Crippen LogP contribution is 2.36. The average Bonchev–Trinajstić information content (AvgIpc) is 2.10. The van der Waals surface area contributed by atoms with Crippen LogP contribution in [0.4, 0.5) is 0 Å². The molecule has 1 N–H and O–H groups in total. The predicted molar refractivity (Wildman–Crippen MR) is 58.7 cm³/mol. The van der Waals surface area contributed by atoms with E-state index in [0.29, 0.717) is 13.0 Å². The lowest BCUT2D eigenvalue weighted by molar-refractivity contribution is 0.0629. The van der Waals surface area contributed by atoms with Crippen LogP contribution < -0.4 is 5.25 Å². The van der Waals surface area contributed by atoms with E-state index in [4.69, 9.17) is 19.1 Å². The topological polar surface area (TPSA) is 63.5 Å². The molecule has 0 bridgehead atoms. The van der Waals surface area contributed by atoms with Crippen LogP contribution in [-0.4, -0.2) is 18.8 Å². The Bertz CT molecular complexity index is 184. The van der Waals surface area contributed by atoms with Crippen LogP contribution in [0.2, 0.25) is 0 Å². The van der Waals surface area contributed by atoms with Gasteiger partial charge in [-0.2, -0.15) is 5.26 Å². The second kappa shape index (κ2) is 9.02. The molecule has 0 aromatic carbocycles. The van der Waals surface area contributed by atoms with Crippen molar-refractivity contribution in [1.82, 2.24) is 5.25 Å². The minimum Gasteiger partial charge on any atom is -0.318 e. The standard InChI is InChI=1S/C9H19N2O3P/c1-8(2)13-15(14-9(3)4)11-12-7-5-6-10/h8-9,11H,5,7H2,1-4H3. The summed E-state index contributed by atoms with van der Waals surface area (Å²) < 4.78 is 10.9. The fraction of sp³-hybridized carbons (Fsp3) is 0.889. The zero-order valence-electron chi connectivity index (χ0n) is 9.69. The molecule has 0 amide bonds. The molecular formula is C9H19N2O3P. The lowest BCUT2D eigenvalue weighted by atomic mass is 10.5. The van der Waals surface area contributed by atoms with Gasteiger partial charge in [0.05, 0.1) is 31.3 Å². The molecular weight excluding hydrogens is 215 g/mol. The molecule has 0 spiro atoms.